The molecule has 0 fully saturated rings. The van der Waals surface area contributed by atoms with Gasteiger partial charge in [0.2, 0.25) is 0 Å². The summed E-state index contributed by atoms with van der Waals surface area (Å²) in [7, 11) is 0. The molecule has 0 aliphatic heterocycles. The maximum atomic E-state index is 12.0. The lowest BCUT2D eigenvalue weighted by molar-refractivity contribution is 0.0333. The smallest absolute Gasteiger partial charge is 0.343 e. The highest BCUT2D eigenvalue weighted by Gasteiger charge is 2.13. The highest BCUT2D eigenvalue weighted by atomic mass is 16.5. The SMILES string of the molecule is CCC(C)OC(=O)c1cccc(OC(=O)c2ccccc2)c1. The summed E-state index contributed by atoms with van der Waals surface area (Å²) in [5.41, 5.74) is 0.814. The Morgan fingerprint density at radius 3 is 2.32 bits per heavy atom. The molecule has 4 nitrogen and oxygen atoms in total. The van der Waals surface area contributed by atoms with E-state index >= 15 is 0 Å². The van der Waals surface area contributed by atoms with E-state index in [2.05, 4.69) is 0 Å². The fraction of sp³-hybridized carbons (Fsp3) is 0.222. The van der Waals surface area contributed by atoms with Crippen LogP contribution in [0.4, 0.5) is 0 Å². The maximum Gasteiger partial charge on any atom is 0.343 e. The minimum Gasteiger partial charge on any atom is -0.459 e. The molecule has 2 rings (SSSR count). The van der Waals surface area contributed by atoms with Crippen LogP contribution in [0.25, 0.3) is 0 Å². The van der Waals surface area contributed by atoms with Gasteiger partial charge in [-0.15, -0.1) is 0 Å². The first-order valence-corrected chi connectivity index (χ1v) is 7.18. The topological polar surface area (TPSA) is 52.6 Å². The zero-order valence-corrected chi connectivity index (χ0v) is 12.6. The summed E-state index contributed by atoms with van der Waals surface area (Å²) in [6.45, 7) is 3.77. The quantitative estimate of drug-likeness (QED) is 0.621. The van der Waals surface area contributed by atoms with E-state index in [0.717, 1.165) is 6.42 Å². The van der Waals surface area contributed by atoms with Crippen LogP contribution in [0, 0.1) is 0 Å². The number of hydrogen-bond donors (Lipinski definition) is 0. The summed E-state index contributed by atoms with van der Waals surface area (Å²) in [6, 6.07) is 15.1. The Morgan fingerprint density at radius 1 is 0.955 bits per heavy atom. The molecule has 114 valence electrons. The van der Waals surface area contributed by atoms with Crippen molar-refractivity contribution in [2.45, 2.75) is 26.4 Å². The zero-order valence-electron chi connectivity index (χ0n) is 12.6. The highest BCUT2D eigenvalue weighted by Crippen LogP contribution is 2.17. The van der Waals surface area contributed by atoms with Crippen LogP contribution in [0.3, 0.4) is 0 Å². The largest absolute Gasteiger partial charge is 0.459 e. The van der Waals surface area contributed by atoms with Gasteiger partial charge in [-0.3, -0.25) is 0 Å². The van der Waals surface area contributed by atoms with Crippen LogP contribution >= 0.6 is 0 Å². The van der Waals surface area contributed by atoms with E-state index < -0.39 is 11.9 Å². The Labute approximate surface area is 129 Å². The van der Waals surface area contributed by atoms with Gasteiger partial charge in [0.15, 0.2) is 0 Å². The first-order valence-electron chi connectivity index (χ1n) is 7.18. The third kappa shape index (κ3) is 4.19. The third-order valence-corrected chi connectivity index (χ3v) is 3.17. The zero-order chi connectivity index (χ0) is 15.9. The summed E-state index contributed by atoms with van der Waals surface area (Å²) >= 11 is 0. The molecule has 0 saturated carbocycles. The van der Waals surface area contributed by atoms with E-state index in [1.165, 1.54) is 6.07 Å². The molecule has 0 heterocycles. The Bertz CT molecular complexity index is 649. The summed E-state index contributed by atoms with van der Waals surface area (Å²) in [4.78, 5) is 23.9. The van der Waals surface area contributed by atoms with Gasteiger partial charge >= 0.3 is 11.9 Å². The van der Waals surface area contributed by atoms with Gasteiger partial charge in [0, 0.05) is 0 Å². The molecule has 22 heavy (non-hydrogen) atoms. The summed E-state index contributed by atoms with van der Waals surface area (Å²) in [6.07, 6.45) is 0.594. The van der Waals surface area contributed by atoms with Gasteiger partial charge in [-0.2, -0.15) is 0 Å². The average molecular weight is 298 g/mol. The molecule has 0 N–H and O–H groups in total. The molecule has 4 heteroatoms. The number of carbonyl (C=O) groups excluding carboxylic acids is 2. The van der Waals surface area contributed by atoms with Gasteiger partial charge in [0.25, 0.3) is 0 Å². The molecule has 0 bridgehead atoms. The second kappa shape index (κ2) is 7.41. The Hall–Kier alpha value is -2.62. The van der Waals surface area contributed by atoms with Gasteiger partial charge in [-0.1, -0.05) is 31.2 Å². The fourth-order valence-corrected chi connectivity index (χ4v) is 1.76. The van der Waals surface area contributed by atoms with Crippen molar-refractivity contribution in [3.8, 4) is 5.75 Å². The molecule has 0 saturated heterocycles. The van der Waals surface area contributed by atoms with Crippen LogP contribution in [-0.4, -0.2) is 18.0 Å². The molecule has 1 unspecified atom stereocenters. The molecule has 0 aliphatic carbocycles. The third-order valence-electron chi connectivity index (χ3n) is 3.17. The van der Waals surface area contributed by atoms with Gasteiger partial charge in [0.05, 0.1) is 17.2 Å². The van der Waals surface area contributed by atoms with Crippen molar-refractivity contribution < 1.29 is 19.1 Å². The second-order valence-electron chi connectivity index (χ2n) is 4.91. The molecule has 0 aromatic heterocycles. The van der Waals surface area contributed by atoms with E-state index in [-0.39, 0.29) is 6.10 Å². The number of carbonyl (C=O) groups is 2. The average Bonchev–Trinajstić information content (AvgIpc) is 2.55. The van der Waals surface area contributed by atoms with E-state index in [0.29, 0.717) is 16.9 Å². The van der Waals surface area contributed by atoms with E-state index in [4.69, 9.17) is 9.47 Å². The lowest BCUT2D eigenvalue weighted by atomic mass is 10.2. The van der Waals surface area contributed by atoms with Crippen LogP contribution in [0.2, 0.25) is 0 Å². The van der Waals surface area contributed by atoms with E-state index in [1.807, 2.05) is 19.9 Å². The Balaban J connectivity index is 2.08. The van der Waals surface area contributed by atoms with Crippen LogP contribution in [0.5, 0.6) is 5.75 Å². The number of hydrogen-bond acceptors (Lipinski definition) is 4. The number of ether oxygens (including phenoxy) is 2. The number of benzene rings is 2. The van der Waals surface area contributed by atoms with Crippen molar-refractivity contribution >= 4 is 11.9 Å². The van der Waals surface area contributed by atoms with Gasteiger partial charge in [-0.25, -0.2) is 9.59 Å². The maximum absolute atomic E-state index is 12.0. The van der Waals surface area contributed by atoms with Crippen LogP contribution in [-0.2, 0) is 4.74 Å². The normalized spacial score (nSPS) is 11.5. The van der Waals surface area contributed by atoms with Crippen molar-refractivity contribution in [2.24, 2.45) is 0 Å². The molecular formula is C18H18O4. The minimum absolute atomic E-state index is 0.150. The lowest BCUT2D eigenvalue weighted by Gasteiger charge is -2.11. The molecule has 0 radical (unpaired) electrons. The number of rotatable bonds is 5. The van der Waals surface area contributed by atoms with Gasteiger partial charge in [0.1, 0.15) is 5.75 Å². The van der Waals surface area contributed by atoms with Crippen LogP contribution in [0.15, 0.2) is 54.6 Å². The first kappa shape index (κ1) is 15.8. The van der Waals surface area contributed by atoms with Crippen LogP contribution in [0.1, 0.15) is 41.0 Å². The molecule has 1 atom stereocenters. The molecule has 2 aromatic rings. The molecule has 0 amide bonds. The summed E-state index contributed by atoms with van der Waals surface area (Å²) in [5.74, 6) is -0.576. The van der Waals surface area contributed by atoms with Crippen molar-refractivity contribution in [1.29, 1.82) is 0 Å². The fourth-order valence-electron chi connectivity index (χ4n) is 1.76. The standard InChI is InChI=1S/C18H18O4/c1-3-13(2)21-18(20)15-10-7-11-16(12-15)22-17(19)14-8-5-4-6-9-14/h4-13H,3H2,1-2H3. The molecular weight excluding hydrogens is 280 g/mol. The van der Waals surface area contributed by atoms with Gasteiger partial charge in [-0.05, 0) is 43.7 Å². The van der Waals surface area contributed by atoms with E-state index in [1.54, 1.807) is 42.5 Å². The molecule has 0 spiro atoms. The lowest BCUT2D eigenvalue weighted by Crippen LogP contribution is -2.14. The summed E-state index contributed by atoms with van der Waals surface area (Å²) in [5, 5.41) is 0. The van der Waals surface area contributed by atoms with E-state index in [9.17, 15) is 9.59 Å². The molecule has 2 aromatic carbocycles. The monoisotopic (exact) mass is 298 g/mol. The van der Waals surface area contributed by atoms with Gasteiger partial charge < -0.3 is 9.47 Å². The van der Waals surface area contributed by atoms with Crippen molar-refractivity contribution in [2.75, 3.05) is 0 Å². The first-order chi connectivity index (χ1) is 10.6. The highest BCUT2D eigenvalue weighted by molar-refractivity contribution is 5.92. The van der Waals surface area contributed by atoms with Crippen LogP contribution < -0.4 is 4.74 Å². The predicted molar refractivity (Wildman–Crippen MR) is 83.0 cm³/mol. The van der Waals surface area contributed by atoms with Crippen molar-refractivity contribution in [3.63, 3.8) is 0 Å². The second-order valence-corrected chi connectivity index (χ2v) is 4.91. The molecule has 0 aliphatic rings. The summed E-state index contributed by atoms with van der Waals surface area (Å²) < 4.78 is 10.5. The van der Waals surface area contributed by atoms with Crippen molar-refractivity contribution in [1.82, 2.24) is 0 Å². The van der Waals surface area contributed by atoms with Crippen molar-refractivity contribution in [3.05, 3.63) is 65.7 Å². The number of esters is 2. The Morgan fingerprint density at radius 2 is 1.64 bits per heavy atom. The predicted octanol–water partition coefficient (Wildman–Crippen LogP) is 3.86. The Kier molecular flexibility index (Phi) is 5.31. The minimum atomic E-state index is -0.465.